The van der Waals surface area contributed by atoms with E-state index in [1.54, 1.807) is 30.3 Å². The number of amides is 2. The summed E-state index contributed by atoms with van der Waals surface area (Å²) in [5.74, 6) is -0.472. The van der Waals surface area contributed by atoms with Crippen molar-refractivity contribution in [1.82, 2.24) is 5.43 Å². The van der Waals surface area contributed by atoms with E-state index < -0.39 is 0 Å². The molecule has 0 radical (unpaired) electrons. The van der Waals surface area contributed by atoms with Gasteiger partial charge in [-0.3, -0.25) is 9.59 Å². The zero-order chi connectivity index (χ0) is 16.5. The van der Waals surface area contributed by atoms with Gasteiger partial charge in [-0.2, -0.15) is 5.10 Å². The minimum Gasteiger partial charge on any atom is -0.326 e. The monoisotopic (exact) mass is 307 g/mol. The number of nitrogens with zero attached hydrogens (tertiary/aromatic N) is 1. The summed E-state index contributed by atoms with van der Waals surface area (Å²) in [6, 6.07) is 16.4. The van der Waals surface area contributed by atoms with Gasteiger partial charge in [0.05, 0.1) is 0 Å². The number of benzene rings is 2. The van der Waals surface area contributed by atoms with Crippen molar-refractivity contribution in [1.29, 1.82) is 0 Å². The maximum atomic E-state index is 11.9. The fourth-order valence-electron chi connectivity index (χ4n) is 1.83. The molecule has 0 aliphatic rings. The van der Waals surface area contributed by atoms with Crippen LogP contribution in [0.5, 0.6) is 0 Å². The molecule has 23 heavy (non-hydrogen) atoms. The highest BCUT2D eigenvalue weighted by atomic mass is 16.2. The van der Waals surface area contributed by atoms with Gasteiger partial charge in [0.25, 0.3) is 5.91 Å². The van der Waals surface area contributed by atoms with Crippen molar-refractivity contribution in [2.75, 3.05) is 5.32 Å². The van der Waals surface area contributed by atoms with Crippen molar-refractivity contribution in [3.8, 4) is 0 Å². The average Bonchev–Trinajstić information content (AvgIpc) is 2.55. The minimum absolute atomic E-state index is 0.156. The van der Waals surface area contributed by atoms with E-state index in [0.717, 1.165) is 5.56 Å². The summed E-state index contributed by atoms with van der Waals surface area (Å²) in [5.41, 5.74) is 4.60. The number of rotatable bonds is 5. The number of hydrogen-bond donors (Lipinski definition) is 2. The molecule has 2 aromatic carbocycles. The molecule has 0 atom stereocenters. The summed E-state index contributed by atoms with van der Waals surface area (Å²) in [6.07, 6.45) is 5.14. The summed E-state index contributed by atoms with van der Waals surface area (Å²) in [6.45, 7) is 1.43. The van der Waals surface area contributed by atoms with Crippen LogP contribution in [0.25, 0.3) is 6.08 Å². The zero-order valence-corrected chi connectivity index (χ0v) is 12.7. The number of nitrogens with one attached hydrogen (secondary N) is 2. The van der Waals surface area contributed by atoms with Crippen LogP contribution in [0.1, 0.15) is 22.8 Å². The van der Waals surface area contributed by atoms with Gasteiger partial charge in [-0.25, -0.2) is 5.43 Å². The number of anilines is 1. The predicted molar refractivity (Wildman–Crippen MR) is 92.2 cm³/mol. The number of carbonyl (C=O) groups excluding carboxylic acids is 2. The number of allylic oxidation sites excluding steroid dienone is 1. The second kappa shape index (κ2) is 8.29. The van der Waals surface area contributed by atoms with Crippen molar-refractivity contribution >= 4 is 29.8 Å². The van der Waals surface area contributed by atoms with Crippen LogP contribution in [0.3, 0.4) is 0 Å². The van der Waals surface area contributed by atoms with Gasteiger partial charge in [-0.1, -0.05) is 36.4 Å². The summed E-state index contributed by atoms with van der Waals surface area (Å²) >= 11 is 0. The highest BCUT2D eigenvalue weighted by molar-refractivity contribution is 5.95. The quantitative estimate of drug-likeness (QED) is 0.658. The molecule has 0 bridgehead atoms. The lowest BCUT2D eigenvalue weighted by Gasteiger charge is -2.03. The van der Waals surface area contributed by atoms with Crippen molar-refractivity contribution in [2.24, 2.45) is 5.10 Å². The second-order valence-electron chi connectivity index (χ2n) is 4.75. The van der Waals surface area contributed by atoms with Gasteiger partial charge in [0.1, 0.15) is 0 Å². The lowest BCUT2D eigenvalue weighted by Crippen LogP contribution is -2.17. The lowest BCUT2D eigenvalue weighted by atomic mass is 10.2. The summed E-state index contributed by atoms with van der Waals surface area (Å²) in [5, 5.41) is 6.49. The molecule has 0 aliphatic carbocycles. The van der Waals surface area contributed by atoms with Crippen LogP contribution in [-0.2, 0) is 4.79 Å². The molecule has 116 valence electrons. The molecule has 0 fully saturated rings. The largest absolute Gasteiger partial charge is 0.326 e. The molecule has 0 saturated heterocycles. The zero-order valence-electron chi connectivity index (χ0n) is 12.7. The van der Waals surface area contributed by atoms with Crippen molar-refractivity contribution in [3.05, 3.63) is 71.8 Å². The van der Waals surface area contributed by atoms with E-state index in [1.165, 1.54) is 13.1 Å². The Bertz CT molecular complexity index is 720. The maximum Gasteiger partial charge on any atom is 0.271 e. The first kappa shape index (κ1) is 16.2. The van der Waals surface area contributed by atoms with E-state index >= 15 is 0 Å². The van der Waals surface area contributed by atoms with Crippen LogP contribution in [0.15, 0.2) is 65.8 Å². The molecule has 5 heteroatoms. The molecule has 0 heterocycles. The van der Waals surface area contributed by atoms with Crippen LogP contribution in [0.4, 0.5) is 5.69 Å². The van der Waals surface area contributed by atoms with Crippen LogP contribution in [-0.4, -0.2) is 18.0 Å². The fraction of sp³-hybridized carbons (Fsp3) is 0.0556. The normalized spacial score (nSPS) is 10.8. The summed E-state index contributed by atoms with van der Waals surface area (Å²) in [4.78, 5) is 22.8. The van der Waals surface area contributed by atoms with Gasteiger partial charge < -0.3 is 5.32 Å². The topological polar surface area (TPSA) is 70.6 Å². The van der Waals surface area contributed by atoms with Crippen LogP contribution in [0.2, 0.25) is 0 Å². The van der Waals surface area contributed by atoms with Crippen molar-refractivity contribution < 1.29 is 9.59 Å². The van der Waals surface area contributed by atoms with E-state index in [1.807, 2.05) is 36.4 Å². The third kappa shape index (κ3) is 5.59. The van der Waals surface area contributed by atoms with Gasteiger partial charge >= 0.3 is 0 Å². The van der Waals surface area contributed by atoms with E-state index in [9.17, 15) is 9.59 Å². The molecular formula is C18H17N3O2. The Morgan fingerprint density at radius 2 is 1.70 bits per heavy atom. The molecular weight excluding hydrogens is 290 g/mol. The predicted octanol–water partition coefficient (Wildman–Crippen LogP) is 3.07. The SMILES string of the molecule is CC(=O)Nc1ccc(C(=O)N/N=C/C=C/c2ccccc2)cc1. The molecule has 2 N–H and O–H groups in total. The summed E-state index contributed by atoms with van der Waals surface area (Å²) in [7, 11) is 0. The molecule has 0 unspecified atom stereocenters. The van der Waals surface area contributed by atoms with Gasteiger partial charge in [-0.05, 0) is 35.9 Å². The standard InChI is InChI=1S/C18H17N3O2/c1-14(22)20-17-11-9-16(10-12-17)18(23)21-19-13-5-8-15-6-3-2-4-7-15/h2-13H,1H3,(H,20,22)(H,21,23)/b8-5+,19-13+. The Morgan fingerprint density at radius 1 is 1.00 bits per heavy atom. The Morgan fingerprint density at radius 3 is 2.35 bits per heavy atom. The molecule has 2 amide bonds. The lowest BCUT2D eigenvalue weighted by molar-refractivity contribution is -0.114. The van der Waals surface area contributed by atoms with Gasteiger partial charge in [-0.15, -0.1) is 0 Å². The van der Waals surface area contributed by atoms with Gasteiger partial charge in [0.2, 0.25) is 5.91 Å². The first-order valence-electron chi connectivity index (χ1n) is 7.08. The third-order valence-corrected chi connectivity index (χ3v) is 2.88. The summed E-state index contributed by atoms with van der Waals surface area (Å²) < 4.78 is 0. The fourth-order valence-corrected chi connectivity index (χ4v) is 1.83. The Kier molecular flexibility index (Phi) is 5.82. The van der Waals surface area contributed by atoms with E-state index in [0.29, 0.717) is 11.3 Å². The number of carbonyl (C=O) groups is 2. The Hall–Kier alpha value is -3.21. The van der Waals surface area contributed by atoms with Crippen LogP contribution in [0, 0.1) is 0 Å². The van der Waals surface area contributed by atoms with Crippen LogP contribution >= 0.6 is 0 Å². The molecule has 2 aromatic rings. The van der Waals surface area contributed by atoms with Gasteiger partial charge in [0, 0.05) is 24.4 Å². The van der Waals surface area contributed by atoms with E-state index in [2.05, 4.69) is 15.8 Å². The highest BCUT2D eigenvalue weighted by Crippen LogP contribution is 2.09. The Balaban J connectivity index is 1.85. The third-order valence-electron chi connectivity index (χ3n) is 2.88. The minimum atomic E-state index is -0.316. The molecule has 0 aromatic heterocycles. The molecule has 5 nitrogen and oxygen atoms in total. The average molecular weight is 307 g/mol. The van der Waals surface area contributed by atoms with Crippen molar-refractivity contribution in [2.45, 2.75) is 6.92 Å². The maximum absolute atomic E-state index is 11.9. The first-order chi connectivity index (χ1) is 11.1. The first-order valence-corrected chi connectivity index (χ1v) is 7.08. The van der Waals surface area contributed by atoms with Gasteiger partial charge in [0.15, 0.2) is 0 Å². The smallest absolute Gasteiger partial charge is 0.271 e. The van der Waals surface area contributed by atoms with Crippen molar-refractivity contribution in [3.63, 3.8) is 0 Å². The van der Waals surface area contributed by atoms with Crippen LogP contribution < -0.4 is 10.7 Å². The molecule has 0 aliphatic heterocycles. The Labute approximate surface area is 134 Å². The van der Waals surface area contributed by atoms with E-state index in [4.69, 9.17) is 0 Å². The molecule has 2 rings (SSSR count). The number of hydrogen-bond acceptors (Lipinski definition) is 3. The second-order valence-corrected chi connectivity index (χ2v) is 4.75. The highest BCUT2D eigenvalue weighted by Gasteiger charge is 2.03. The van der Waals surface area contributed by atoms with E-state index in [-0.39, 0.29) is 11.8 Å². The molecule has 0 spiro atoms. The molecule has 0 saturated carbocycles. The number of hydrazone groups is 1.